The van der Waals surface area contributed by atoms with Crippen molar-refractivity contribution in [1.82, 2.24) is 4.90 Å². The molecule has 3 nitrogen and oxygen atoms in total. The zero-order valence-corrected chi connectivity index (χ0v) is 9.96. The Bertz CT molecular complexity index is 374. The van der Waals surface area contributed by atoms with Crippen LogP contribution in [0.25, 0.3) is 0 Å². The first-order valence-electron chi connectivity index (χ1n) is 6.16. The highest BCUT2D eigenvalue weighted by Gasteiger charge is 2.49. The Morgan fingerprint density at radius 3 is 2.17 bits per heavy atom. The molecule has 1 amide bonds. The fourth-order valence-corrected chi connectivity index (χ4v) is 2.62. The number of hydrogen-bond donors (Lipinski definition) is 0. The maximum atomic E-state index is 12.5. The van der Waals surface area contributed by atoms with Gasteiger partial charge in [-0.15, -0.1) is 0 Å². The minimum absolute atomic E-state index is 0.0449. The molecule has 0 bridgehead atoms. The van der Waals surface area contributed by atoms with Gasteiger partial charge in [0.2, 0.25) is 5.91 Å². The SMILES string of the molecule is N#CC1(C(=O)N2CCC(C(F)(F)F)CC2)CCC1. The summed E-state index contributed by atoms with van der Waals surface area (Å²) >= 11 is 0. The third-order valence-corrected chi connectivity index (χ3v) is 4.08. The van der Waals surface area contributed by atoms with E-state index in [0.717, 1.165) is 6.42 Å². The number of carbonyl (C=O) groups is 1. The lowest BCUT2D eigenvalue weighted by Crippen LogP contribution is -2.50. The number of nitriles is 1. The van der Waals surface area contributed by atoms with E-state index in [0.29, 0.717) is 12.8 Å². The minimum Gasteiger partial charge on any atom is -0.341 e. The van der Waals surface area contributed by atoms with Crippen LogP contribution in [0.1, 0.15) is 32.1 Å². The molecule has 0 aromatic rings. The van der Waals surface area contributed by atoms with Crippen molar-refractivity contribution in [3.8, 4) is 6.07 Å². The Kier molecular flexibility index (Phi) is 3.26. The van der Waals surface area contributed by atoms with Crippen LogP contribution in [0, 0.1) is 22.7 Å². The van der Waals surface area contributed by atoms with Gasteiger partial charge in [0.15, 0.2) is 0 Å². The van der Waals surface area contributed by atoms with Gasteiger partial charge in [0.05, 0.1) is 12.0 Å². The van der Waals surface area contributed by atoms with Crippen LogP contribution in [0.4, 0.5) is 13.2 Å². The lowest BCUT2D eigenvalue weighted by Gasteiger charge is -2.41. The van der Waals surface area contributed by atoms with E-state index in [1.54, 1.807) is 0 Å². The third kappa shape index (κ3) is 2.18. The maximum absolute atomic E-state index is 12.5. The summed E-state index contributed by atoms with van der Waals surface area (Å²) in [5.41, 5.74) is -0.939. The van der Waals surface area contributed by atoms with Gasteiger partial charge in [-0.05, 0) is 32.1 Å². The van der Waals surface area contributed by atoms with Crippen LogP contribution in [-0.4, -0.2) is 30.1 Å². The summed E-state index contributed by atoms with van der Waals surface area (Å²) in [5.74, 6) is -1.57. The zero-order chi connectivity index (χ0) is 13.4. The quantitative estimate of drug-likeness (QED) is 0.727. The van der Waals surface area contributed by atoms with E-state index >= 15 is 0 Å². The number of alkyl halides is 3. The Morgan fingerprint density at radius 1 is 1.28 bits per heavy atom. The summed E-state index contributed by atoms with van der Waals surface area (Å²) in [5, 5.41) is 9.04. The summed E-state index contributed by atoms with van der Waals surface area (Å²) in [4.78, 5) is 13.5. The van der Waals surface area contributed by atoms with Crippen LogP contribution in [0.3, 0.4) is 0 Å². The summed E-state index contributed by atoms with van der Waals surface area (Å²) < 4.78 is 37.5. The number of carbonyl (C=O) groups excluding carboxylic acids is 1. The van der Waals surface area contributed by atoms with E-state index in [9.17, 15) is 18.0 Å². The number of piperidine rings is 1. The van der Waals surface area contributed by atoms with Gasteiger partial charge in [-0.1, -0.05) is 0 Å². The number of likely N-dealkylation sites (tertiary alicyclic amines) is 1. The number of rotatable bonds is 1. The first kappa shape index (κ1) is 13.2. The van der Waals surface area contributed by atoms with Gasteiger partial charge in [-0.2, -0.15) is 18.4 Å². The summed E-state index contributed by atoms with van der Waals surface area (Å²) in [7, 11) is 0. The van der Waals surface area contributed by atoms with Gasteiger partial charge in [-0.3, -0.25) is 4.79 Å². The number of hydrogen-bond acceptors (Lipinski definition) is 2. The van der Waals surface area contributed by atoms with Gasteiger partial charge in [0.1, 0.15) is 5.41 Å². The van der Waals surface area contributed by atoms with Crippen molar-refractivity contribution in [3.63, 3.8) is 0 Å². The average Bonchev–Trinajstić information content (AvgIpc) is 2.27. The van der Waals surface area contributed by atoms with Crippen LogP contribution in [0.5, 0.6) is 0 Å². The maximum Gasteiger partial charge on any atom is 0.391 e. The van der Waals surface area contributed by atoms with Gasteiger partial charge >= 0.3 is 6.18 Å². The molecule has 18 heavy (non-hydrogen) atoms. The van der Waals surface area contributed by atoms with Crippen molar-refractivity contribution in [2.75, 3.05) is 13.1 Å². The highest BCUT2D eigenvalue weighted by molar-refractivity contribution is 5.86. The van der Waals surface area contributed by atoms with E-state index in [-0.39, 0.29) is 31.8 Å². The molecule has 2 aliphatic rings. The highest BCUT2D eigenvalue weighted by Crippen LogP contribution is 2.43. The molecule has 6 heteroatoms. The van der Waals surface area contributed by atoms with E-state index in [2.05, 4.69) is 0 Å². The molecule has 0 radical (unpaired) electrons. The molecule has 0 aromatic heterocycles. The second kappa shape index (κ2) is 4.45. The zero-order valence-electron chi connectivity index (χ0n) is 9.96. The molecule has 100 valence electrons. The fraction of sp³-hybridized carbons (Fsp3) is 0.833. The topological polar surface area (TPSA) is 44.1 Å². The monoisotopic (exact) mass is 260 g/mol. The normalized spacial score (nSPS) is 24.2. The summed E-state index contributed by atoms with van der Waals surface area (Å²) in [6.45, 7) is 0.235. The van der Waals surface area contributed by atoms with Crippen LogP contribution in [0.2, 0.25) is 0 Å². The van der Waals surface area contributed by atoms with Gasteiger partial charge in [-0.25, -0.2) is 0 Å². The highest BCUT2D eigenvalue weighted by atomic mass is 19.4. The van der Waals surface area contributed by atoms with Crippen molar-refractivity contribution >= 4 is 5.91 Å². The first-order valence-corrected chi connectivity index (χ1v) is 6.16. The number of amides is 1. The fourth-order valence-electron chi connectivity index (χ4n) is 2.62. The van der Waals surface area contributed by atoms with Crippen LogP contribution >= 0.6 is 0 Å². The molecule has 0 aromatic carbocycles. The van der Waals surface area contributed by atoms with Gasteiger partial charge in [0, 0.05) is 13.1 Å². The van der Waals surface area contributed by atoms with E-state index in [1.807, 2.05) is 6.07 Å². The number of halogens is 3. The lowest BCUT2D eigenvalue weighted by atomic mass is 9.68. The largest absolute Gasteiger partial charge is 0.391 e. The minimum atomic E-state index is -4.17. The van der Waals surface area contributed by atoms with Crippen molar-refractivity contribution in [2.45, 2.75) is 38.3 Å². The Hall–Kier alpha value is -1.25. The van der Waals surface area contributed by atoms with Gasteiger partial charge < -0.3 is 4.90 Å². The van der Waals surface area contributed by atoms with E-state index in [1.165, 1.54) is 4.90 Å². The van der Waals surface area contributed by atoms with E-state index in [4.69, 9.17) is 5.26 Å². The first-order chi connectivity index (χ1) is 8.39. The lowest BCUT2D eigenvalue weighted by molar-refractivity contribution is -0.187. The van der Waals surface area contributed by atoms with Crippen molar-refractivity contribution in [2.24, 2.45) is 11.3 Å². The third-order valence-electron chi connectivity index (χ3n) is 4.08. The molecule has 1 aliphatic heterocycles. The molecule has 1 saturated carbocycles. The summed E-state index contributed by atoms with van der Waals surface area (Å²) in [6, 6.07) is 2.04. The van der Waals surface area contributed by atoms with Crippen molar-refractivity contribution in [1.29, 1.82) is 5.26 Å². The Balaban J connectivity index is 1.94. The van der Waals surface area contributed by atoms with Crippen molar-refractivity contribution in [3.05, 3.63) is 0 Å². The second-order valence-corrected chi connectivity index (χ2v) is 5.16. The molecular weight excluding hydrogens is 245 g/mol. The molecule has 1 heterocycles. The smallest absolute Gasteiger partial charge is 0.341 e. The Labute approximate surface area is 104 Å². The molecule has 0 spiro atoms. The predicted molar refractivity (Wildman–Crippen MR) is 57.3 cm³/mol. The Morgan fingerprint density at radius 2 is 1.83 bits per heavy atom. The van der Waals surface area contributed by atoms with Crippen LogP contribution < -0.4 is 0 Å². The number of nitrogens with zero attached hydrogens (tertiary/aromatic N) is 2. The molecular formula is C12H15F3N2O. The predicted octanol–water partition coefficient (Wildman–Crippen LogP) is 2.48. The molecule has 0 N–H and O–H groups in total. The second-order valence-electron chi connectivity index (χ2n) is 5.16. The molecule has 0 atom stereocenters. The standard InChI is InChI=1S/C12H15F3N2O/c13-12(14,15)9-2-6-17(7-3-9)10(18)11(8-16)4-1-5-11/h9H,1-7H2. The van der Waals surface area contributed by atoms with Crippen LogP contribution in [0.15, 0.2) is 0 Å². The van der Waals surface area contributed by atoms with E-state index < -0.39 is 17.5 Å². The van der Waals surface area contributed by atoms with Crippen LogP contribution in [-0.2, 0) is 4.79 Å². The molecule has 1 aliphatic carbocycles. The van der Waals surface area contributed by atoms with Crippen molar-refractivity contribution < 1.29 is 18.0 Å². The molecule has 1 saturated heterocycles. The molecule has 2 fully saturated rings. The van der Waals surface area contributed by atoms with Gasteiger partial charge in [0.25, 0.3) is 0 Å². The average molecular weight is 260 g/mol. The molecule has 0 unspecified atom stereocenters. The summed E-state index contributed by atoms with van der Waals surface area (Å²) in [6.07, 6.45) is -2.33. The molecule has 2 rings (SSSR count).